The zero-order valence-corrected chi connectivity index (χ0v) is 17.6. The van der Waals surface area contributed by atoms with Crippen LogP contribution >= 0.6 is 0 Å². The fourth-order valence-electron chi connectivity index (χ4n) is 4.27. The summed E-state index contributed by atoms with van der Waals surface area (Å²) in [6.45, 7) is 6.18. The Morgan fingerprint density at radius 3 is 2.48 bits per heavy atom. The van der Waals surface area contributed by atoms with E-state index in [0.29, 0.717) is 38.8 Å². The van der Waals surface area contributed by atoms with Crippen LogP contribution in [0.4, 0.5) is 4.39 Å². The minimum atomic E-state index is -3.71. The molecule has 0 unspecified atom stereocenters. The van der Waals surface area contributed by atoms with Gasteiger partial charge in [-0.2, -0.15) is 4.31 Å². The zero-order valence-electron chi connectivity index (χ0n) is 16.8. The minimum absolute atomic E-state index is 0.0236. The Morgan fingerprint density at radius 1 is 1.17 bits per heavy atom. The number of quaternary nitrogens is 1. The molecule has 2 fully saturated rings. The van der Waals surface area contributed by atoms with Crippen molar-refractivity contribution in [1.29, 1.82) is 0 Å². The van der Waals surface area contributed by atoms with E-state index in [1.165, 1.54) is 35.3 Å². The van der Waals surface area contributed by atoms with Crippen LogP contribution in [0, 0.1) is 19.7 Å². The van der Waals surface area contributed by atoms with Crippen molar-refractivity contribution in [3.63, 3.8) is 0 Å². The van der Waals surface area contributed by atoms with Crippen LogP contribution in [0.3, 0.4) is 0 Å². The molecule has 0 amide bonds. The molecule has 1 aromatic heterocycles. The van der Waals surface area contributed by atoms with Gasteiger partial charge in [-0.15, -0.1) is 0 Å². The molecule has 6 nitrogen and oxygen atoms in total. The van der Waals surface area contributed by atoms with Gasteiger partial charge in [0.15, 0.2) is 0 Å². The van der Waals surface area contributed by atoms with Crippen molar-refractivity contribution in [1.82, 2.24) is 8.87 Å². The average Bonchev–Trinajstić information content (AvgIpc) is 3.47. The molecule has 156 valence electrons. The number of aromatic nitrogens is 1. The van der Waals surface area contributed by atoms with E-state index in [4.69, 9.17) is 0 Å². The van der Waals surface area contributed by atoms with Crippen LogP contribution in [0.2, 0.25) is 0 Å². The lowest BCUT2D eigenvalue weighted by molar-refractivity contribution is -0.895. The lowest BCUT2D eigenvalue weighted by Crippen LogP contribution is -3.15. The summed E-state index contributed by atoms with van der Waals surface area (Å²) in [6.07, 6.45) is 2.36. The summed E-state index contributed by atoms with van der Waals surface area (Å²) < 4.78 is 42.5. The number of benzene rings is 1. The Kier molecular flexibility index (Phi) is 5.35. The van der Waals surface area contributed by atoms with Gasteiger partial charge in [-0.25, -0.2) is 12.8 Å². The van der Waals surface area contributed by atoms with Crippen molar-refractivity contribution in [3.05, 3.63) is 53.1 Å². The smallest absolute Gasteiger partial charge is 0.243 e. The Morgan fingerprint density at radius 2 is 1.86 bits per heavy atom. The summed E-state index contributed by atoms with van der Waals surface area (Å²) in [5, 5.41) is 0. The van der Waals surface area contributed by atoms with Gasteiger partial charge in [0, 0.05) is 23.0 Å². The molecular formula is C21H27FN3O3S+. The fraction of sp³-hybridized carbons (Fsp3) is 0.476. The first kappa shape index (κ1) is 20.3. The van der Waals surface area contributed by atoms with Gasteiger partial charge in [0.1, 0.15) is 12.4 Å². The van der Waals surface area contributed by atoms with Crippen LogP contribution < -0.4 is 4.90 Å². The van der Waals surface area contributed by atoms with Crippen molar-refractivity contribution in [2.24, 2.45) is 0 Å². The van der Waals surface area contributed by atoms with Gasteiger partial charge in [-0.05, 0) is 51.0 Å². The summed E-state index contributed by atoms with van der Waals surface area (Å²) in [4.78, 5) is 13.9. The number of piperazine rings is 1. The molecule has 1 saturated heterocycles. The summed E-state index contributed by atoms with van der Waals surface area (Å²) in [7, 11) is -3.71. The molecule has 1 aliphatic carbocycles. The number of sulfonamides is 1. The maximum absolute atomic E-state index is 13.4. The Labute approximate surface area is 171 Å². The maximum atomic E-state index is 13.4. The molecule has 4 rings (SSSR count). The number of nitrogens with zero attached hydrogens (tertiary/aromatic N) is 2. The molecule has 2 aromatic rings. The number of hydrogen-bond acceptors (Lipinski definition) is 3. The topological polar surface area (TPSA) is 63.8 Å². The molecular weight excluding hydrogens is 393 g/mol. The fourth-order valence-corrected chi connectivity index (χ4v) is 5.75. The molecule has 29 heavy (non-hydrogen) atoms. The number of nitrogens with one attached hydrogen (secondary N) is 1. The van der Waals surface area contributed by atoms with E-state index in [2.05, 4.69) is 4.57 Å². The van der Waals surface area contributed by atoms with E-state index in [9.17, 15) is 17.6 Å². The summed E-state index contributed by atoms with van der Waals surface area (Å²) in [5.74, 6) is -0.453. The predicted octanol–water partition coefficient (Wildman–Crippen LogP) is 1.35. The molecule has 1 N–H and O–H groups in total. The number of carbonyl (C=O) groups excluding carboxylic acids is 1. The highest BCUT2D eigenvalue weighted by Crippen LogP contribution is 2.38. The van der Waals surface area contributed by atoms with Gasteiger partial charge in [0.2, 0.25) is 15.8 Å². The highest BCUT2D eigenvalue weighted by atomic mass is 32.2. The van der Waals surface area contributed by atoms with Crippen LogP contribution in [-0.4, -0.2) is 55.8 Å². The number of hydrogen-bond donors (Lipinski definition) is 1. The van der Waals surface area contributed by atoms with E-state index in [1.54, 1.807) is 0 Å². The van der Waals surface area contributed by atoms with Gasteiger partial charge in [0.05, 0.1) is 31.1 Å². The van der Waals surface area contributed by atoms with E-state index in [1.807, 2.05) is 19.9 Å². The van der Waals surface area contributed by atoms with Crippen molar-refractivity contribution >= 4 is 15.8 Å². The molecule has 0 bridgehead atoms. The van der Waals surface area contributed by atoms with Gasteiger partial charge in [0.25, 0.3) is 0 Å². The van der Waals surface area contributed by atoms with Gasteiger partial charge in [-0.3, -0.25) is 4.79 Å². The van der Waals surface area contributed by atoms with Crippen LogP contribution in [0.25, 0.3) is 0 Å². The second kappa shape index (κ2) is 7.66. The van der Waals surface area contributed by atoms with E-state index in [-0.39, 0.29) is 10.7 Å². The van der Waals surface area contributed by atoms with Crippen molar-refractivity contribution < 1.29 is 22.5 Å². The quantitative estimate of drug-likeness (QED) is 0.718. The molecule has 8 heteroatoms. The number of rotatable bonds is 6. The monoisotopic (exact) mass is 420 g/mol. The first-order valence-electron chi connectivity index (χ1n) is 10.1. The summed E-state index contributed by atoms with van der Waals surface area (Å²) >= 11 is 0. The first-order valence-corrected chi connectivity index (χ1v) is 11.5. The Hall–Kier alpha value is -2.03. The van der Waals surface area contributed by atoms with Crippen molar-refractivity contribution in [2.75, 3.05) is 32.7 Å². The standard InChI is InChI=1S/C21H26FN3O3S/c1-15-12-20(16(2)25(15)18-6-7-18)21(26)14-23-8-10-24(11-9-23)29(27,28)19-5-3-4-17(22)13-19/h3-5,12-13,18H,6-11,14H2,1-2H3/p+1. The molecule has 0 spiro atoms. The largest absolute Gasteiger partial charge is 0.345 e. The third kappa shape index (κ3) is 4.01. The lowest BCUT2D eigenvalue weighted by atomic mass is 10.1. The van der Waals surface area contributed by atoms with Crippen LogP contribution in [0.5, 0.6) is 0 Å². The number of aryl methyl sites for hydroxylation is 1. The first-order chi connectivity index (χ1) is 13.8. The van der Waals surface area contributed by atoms with Crippen LogP contribution in [0.15, 0.2) is 35.2 Å². The second-order valence-corrected chi connectivity index (χ2v) is 10.0. The number of Topliss-reactive ketones (excluding diaryl/α,β-unsaturated/α-hetero) is 1. The van der Waals surface area contributed by atoms with E-state index < -0.39 is 15.8 Å². The summed E-state index contributed by atoms with van der Waals surface area (Å²) in [6, 6.07) is 7.62. The van der Waals surface area contributed by atoms with E-state index >= 15 is 0 Å². The highest BCUT2D eigenvalue weighted by Gasteiger charge is 2.33. The number of carbonyl (C=O) groups is 1. The third-order valence-electron chi connectivity index (χ3n) is 5.97. The molecule has 1 aliphatic heterocycles. The molecule has 0 radical (unpaired) electrons. The maximum Gasteiger partial charge on any atom is 0.243 e. The Bertz CT molecular complexity index is 1040. The molecule has 2 aliphatic rings. The third-order valence-corrected chi connectivity index (χ3v) is 7.87. The highest BCUT2D eigenvalue weighted by molar-refractivity contribution is 7.89. The van der Waals surface area contributed by atoms with Crippen molar-refractivity contribution in [2.45, 2.75) is 37.6 Å². The van der Waals surface area contributed by atoms with Gasteiger partial charge < -0.3 is 9.47 Å². The molecule has 1 saturated carbocycles. The molecule has 2 heterocycles. The number of halogens is 1. The second-order valence-electron chi connectivity index (χ2n) is 8.10. The van der Waals surface area contributed by atoms with Crippen molar-refractivity contribution in [3.8, 4) is 0 Å². The predicted molar refractivity (Wildman–Crippen MR) is 107 cm³/mol. The normalized spacial score (nSPS) is 18.9. The lowest BCUT2D eigenvalue weighted by Gasteiger charge is -2.31. The van der Waals surface area contributed by atoms with E-state index in [0.717, 1.165) is 27.9 Å². The SMILES string of the molecule is Cc1cc(C(=O)C[NH+]2CCN(S(=O)(=O)c3cccc(F)c3)CC2)c(C)n1C1CC1. The molecule has 0 atom stereocenters. The zero-order chi connectivity index (χ0) is 20.8. The Balaban J connectivity index is 1.39. The average molecular weight is 421 g/mol. The van der Waals surface area contributed by atoms with Gasteiger partial charge >= 0.3 is 0 Å². The number of ketones is 1. The van der Waals surface area contributed by atoms with Crippen LogP contribution in [-0.2, 0) is 10.0 Å². The summed E-state index contributed by atoms with van der Waals surface area (Å²) in [5.41, 5.74) is 2.97. The van der Waals surface area contributed by atoms with Gasteiger partial charge in [-0.1, -0.05) is 6.07 Å². The van der Waals surface area contributed by atoms with Crippen LogP contribution in [0.1, 0.15) is 40.6 Å². The minimum Gasteiger partial charge on any atom is -0.345 e. The molecule has 1 aromatic carbocycles.